The number of halogens is 2. The van der Waals surface area contributed by atoms with Crippen LogP contribution >= 0.6 is 27.5 Å². The molecule has 150 valence electrons. The van der Waals surface area contributed by atoms with Crippen molar-refractivity contribution in [2.45, 2.75) is 6.92 Å². The number of ether oxygens (including phenoxy) is 2. The molecule has 1 heterocycles. The molecule has 2 aromatic carbocycles. The van der Waals surface area contributed by atoms with Crippen LogP contribution in [0.5, 0.6) is 11.5 Å². The number of anilines is 1. The van der Waals surface area contributed by atoms with E-state index in [1.54, 1.807) is 30.3 Å². The number of urea groups is 1. The van der Waals surface area contributed by atoms with Crippen LogP contribution in [0.15, 0.2) is 46.4 Å². The second kappa shape index (κ2) is 8.67. The predicted octanol–water partition coefficient (Wildman–Crippen LogP) is 4.18. The topological polar surface area (TPSA) is 84.9 Å². The van der Waals surface area contributed by atoms with Crippen molar-refractivity contribution in [2.24, 2.45) is 0 Å². The molecule has 1 fully saturated rings. The van der Waals surface area contributed by atoms with Gasteiger partial charge in [-0.15, -0.1) is 0 Å². The molecule has 0 spiro atoms. The highest BCUT2D eigenvalue weighted by Gasteiger charge is 2.37. The van der Waals surface area contributed by atoms with Crippen LogP contribution in [0.4, 0.5) is 10.5 Å². The van der Waals surface area contributed by atoms with Gasteiger partial charge >= 0.3 is 6.03 Å². The largest absolute Gasteiger partial charge is 0.493 e. The van der Waals surface area contributed by atoms with Gasteiger partial charge < -0.3 is 9.47 Å². The molecule has 2 aromatic rings. The van der Waals surface area contributed by atoms with E-state index in [1.807, 2.05) is 6.92 Å². The Bertz CT molecular complexity index is 1040. The Morgan fingerprint density at radius 2 is 1.97 bits per heavy atom. The van der Waals surface area contributed by atoms with Crippen LogP contribution in [0.2, 0.25) is 5.02 Å². The van der Waals surface area contributed by atoms with Crippen LogP contribution in [0.1, 0.15) is 12.5 Å². The molecule has 9 heteroatoms. The summed E-state index contributed by atoms with van der Waals surface area (Å²) >= 11 is 9.37. The first-order valence-corrected chi connectivity index (χ1v) is 9.70. The van der Waals surface area contributed by atoms with E-state index in [0.717, 1.165) is 4.90 Å². The van der Waals surface area contributed by atoms with Gasteiger partial charge in [0.25, 0.3) is 11.8 Å². The van der Waals surface area contributed by atoms with Crippen molar-refractivity contribution < 1.29 is 23.9 Å². The van der Waals surface area contributed by atoms with Gasteiger partial charge in [0.15, 0.2) is 11.5 Å². The van der Waals surface area contributed by atoms with Crippen LogP contribution < -0.4 is 19.7 Å². The smallest absolute Gasteiger partial charge is 0.335 e. The lowest BCUT2D eigenvalue weighted by Crippen LogP contribution is -2.54. The Kier molecular flexibility index (Phi) is 6.24. The number of rotatable bonds is 5. The molecule has 0 unspecified atom stereocenters. The number of imide groups is 2. The summed E-state index contributed by atoms with van der Waals surface area (Å²) in [5.41, 5.74) is 0.558. The number of amides is 4. The Morgan fingerprint density at radius 3 is 2.62 bits per heavy atom. The summed E-state index contributed by atoms with van der Waals surface area (Å²) in [6.45, 7) is 2.28. The minimum absolute atomic E-state index is 0.206. The van der Waals surface area contributed by atoms with Crippen LogP contribution in [0, 0.1) is 0 Å². The van der Waals surface area contributed by atoms with E-state index in [0.29, 0.717) is 33.2 Å². The first-order valence-electron chi connectivity index (χ1n) is 8.53. The maximum absolute atomic E-state index is 12.9. The van der Waals surface area contributed by atoms with Gasteiger partial charge in [0.1, 0.15) is 5.57 Å². The number of nitrogens with zero attached hydrogens (tertiary/aromatic N) is 1. The molecular formula is C20H16BrClN2O5. The summed E-state index contributed by atoms with van der Waals surface area (Å²) in [4.78, 5) is 38.4. The van der Waals surface area contributed by atoms with E-state index in [4.69, 9.17) is 21.1 Å². The Morgan fingerprint density at radius 1 is 1.21 bits per heavy atom. The number of carbonyl (C=O) groups is 3. The lowest BCUT2D eigenvalue weighted by molar-refractivity contribution is -0.122. The van der Waals surface area contributed by atoms with Crippen molar-refractivity contribution in [3.8, 4) is 11.5 Å². The van der Waals surface area contributed by atoms with Crippen LogP contribution in [-0.4, -0.2) is 31.6 Å². The third-order valence-corrected chi connectivity index (χ3v) is 4.84. The zero-order valence-corrected chi connectivity index (χ0v) is 17.8. The normalized spacial score (nSPS) is 15.5. The maximum atomic E-state index is 12.9. The molecule has 3 rings (SSSR count). The number of nitrogens with one attached hydrogen (secondary N) is 1. The summed E-state index contributed by atoms with van der Waals surface area (Å²) in [6.07, 6.45) is 1.38. The minimum Gasteiger partial charge on any atom is -0.493 e. The van der Waals surface area contributed by atoms with Crippen molar-refractivity contribution in [3.05, 3.63) is 57.0 Å². The molecule has 7 nitrogen and oxygen atoms in total. The van der Waals surface area contributed by atoms with Gasteiger partial charge in [0.2, 0.25) is 0 Å². The van der Waals surface area contributed by atoms with Crippen molar-refractivity contribution >= 4 is 57.1 Å². The van der Waals surface area contributed by atoms with Gasteiger partial charge in [-0.25, -0.2) is 9.69 Å². The Balaban J connectivity index is 2.04. The summed E-state index contributed by atoms with van der Waals surface area (Å²) in [5, 5.41) is 2.52. The molecule has 1 aliphatic rings. The van der Waals surface area contributed by atoms with E-state index < -0.39 is 17.8 Å². The molecule has 4 amide bonds. The van der Waals surface area contributed by atoms with Crippen LogP contribution in [0.3, 0.4) is 0 Å². The standard InChI is InChI=1S/C20H16BrClN2O5/c1-3-29-17-15(21)8-11(9-16(17)28-2)7-14-18(25)23-20(27)24(19(14)26)13-6-4-5-12(22)10-13/h4-10H,3H2,1-2H3,(H,23,25,27)/b14-7+. The zero-order valence-electron chi connectivity index (χ0n) is 15.5. The Labute approximate surface area is 180 Å². The number of barbiturate groups is 1. The highest BCUT2D eigenvalue weighted by Crippen LogP contribution is 2.37. The molecule has 0 aromatic heterocycles. The van der Waals surface area contributed by atoms with Gasteiger partial charge in [-0.05, 0) is 64.8 Å². The first kappa shape index (κ1) is 20.9. The van der Waals surface area contributed by atoms with Crippen LogP contribution in [0.25, 0.3) is 6.08 Å². The van der Waals surface area contributed by atoms with Crippen molar-refractivity contribution in [3.63, 3.8) is 0 Å². The Hall–Kier alpha value is -2.84. The fourth-order valence-corrected chi connectivity index (χ4v) is 3.54. The van der Waals surface area contributed by atoms with E-state index >= 15 is 0 Å². The highest BCUT2D eigenvalue weighted by molar-refractivity contribution is 9.10. The predicted molar refractivity (Wildman–Crippen MR) is 112 cm³/mol. The summed E-state index contributed by atoms with van der Waals surface area (Å²) < 4.78 is 11.5. The fraction of sp³-hybridized carbons (Fsp3) is 0.150. The number of hydrogen-bond acceptors (Lipinski definition) is 5. The number of carbonyl (C=O) groups excluding carboxylic acids is 3. The third kappa shape index (κ3) is 4.28. The lowest BCUT2D eigenvalue weighted by Gasteiger charge is -2.26. The van der Waals surface area contributed by atoms with E-state index in [1.165, 1.54) is 19.3 Å². The van der Waals surface area contributed by atoms with Gasteiger partial charge in [0.05, 0.1) is 23.9 Å². The molecule has 1 N–H and O–H groups in total. The molecule has 1 aliphatic heterocycles. The van der Waals surface area contributed by atoms with Crippen molar-refractivity contribution in [2.75, 3.05) is 18.6 Å². The van der Waals surface area contributed by atoms with Gasteiger partial charge in [-0.1, -0.05) is 17.7 Å². The minimum atomic E-state index is -0.843. The quantitative estimate of drug-likeness (QED) is 0.514. The number of benzene rings is 2. The van der Waals surface area contributed by atoms with Gasteiger partial charge in [0, 0.05) is 5.02 Å². The van der Waals surface area contributed by atoms with E-state index in [9.17, 15) is 14.4 Å². The van der Waals surface area contributed by atoms with E-state index in [2.05, 4.69) is 21.2 Å². The lowest BCUT2D eigenvalue weighted by atomic mass is 10.1. The number of methoxy groups -OCH3 is 1. The molecule has 0 saturated carbocycles. The molecule has 29 heavy (non-hydrogen) atoms. The fourth-order valence-electron chi connectivity index (χ4n) is 2.78. The monoisotopic (exact) mass is 478 g/mol. The summed E-state index contributed by atoms with van der Waals surface area (Å²) in [6, 6.07) is 8.70. The molecule has 0 bridgehead atoms. The molecular weight excluding hydrogens is 464 g/mol. The SMILES string of the molecule is CCOc1c(Br)cc(/C=C2\C(=O)NC(=O)N(c3cccc(Cl)c3)C2=O)cc1OC. The van der Waals surface area contributed by atoms with Crippen molar-refractivity contribution in [1.29, 1.82) is 0 Å². The van der Waals surface area contributed by atoms with Crippen LogP contribution in [-0.2, 0) is 9.59 Å². The summed E-state index contributed by atoms with van der Waals surface area (Å²) in [7, 11) is 1.49. The highest BCUT2D eigenvalue weighted by atomic mass is 79.9. The molecule has 0 atom stereocenters. The number of hydrogen-bond donors (Lipinski definition) is 1. The van der Waals surface area contributed by atoms with E-state index in [-0.39, 0.29) is 11.3 Å². The molecule has 0 radical (unpaired) electrons. The zero-order chi connectivity index (χ0) is 21.1. The second-order valence-corrected chi connectivity index (χ2v) is 7.20. The maximum Gasteiger partial charge on any atom is 0.335 e. The average molecular weight is 480 g/mol. The second-order valence-electron chi connectivity index (χ2n) is 5.90. The first-order chi connectivity index (χ1) is 13.8. The summed E-state index contributed by atoms with van der Waals surface area (Å²) in [5.74, 6) is -0.612. The average Bonchev–Trinajstić information content (AvgIpc) is 2.67. The van der Waals surface area contributed by atoms with Gasteiger partial charge in [-0.3, -0.25) is 14.9 Å². The molecule has 1 saturated heterocycles. The van der Waals surface area contributed by atoms with Gasteiger partial charge in [-0.2, -0.15) is 0 Å². The van der Waals surface area contributed by atoms with Crippen molar-refractivity contribution in [1.82, 2.24) is 5.32 Å². The molecule has 0 aliphatic carbocycles. The third-order valence-electron chi connectivity index (χ3n) is 4.02.